The van der Waals surface area contributed by atoms with E-state index in [0.717, 1.165) is 16.3 Å². The maximum Gasteiger partial charge on any atom is 0.305 e. The molecule has 3 rings (SSSR count). The molecule has 29 heavy (non-hydrogen) atoms. The van der Waals surface area contributed by atoms with E-state index in [0.29, 0.717) is 25.9 Å². The summed E-state index contributed by atoms with van der Waals surface area (Å²) in [4.78, 5) is 38.2. The highest BCUT2D eigenvalue weighted by Crippen LogP contribution is 2.25. The standard InChI is InChI=1S/C23H28N2O4/c1-15(2)23(29)25-11-9-17(10-12-25)22(28)24-20(14-21(26)27)19-8-7-16-5-3-4-6-18(16)13-19/h3-8,13,15,17,20H,9-12,14H2,1-2H3,(H,24,28)(H,26,27)/t20-/m0/s1. The molecular formula is C23H28N2O4. The molecule has 0 radical (unpaired) electrons. The van der Waals surface area contributed by atoms with E-state index in [1.54, 1.807) is 0 Å². The summed E-state index contributed by atoms with van der Waals surface area (Å²) < 4.78 is 0. The number of nitrogens with zero attached hydrogens (tertiary/aromatic N) is 1. The molecule has 0 bridgehead atoms. The fraction of sp³-hybridized carbons (Fsp3) is 0.435. The molecule has 1 aliphatic heterocycles. The summed E-state index contributed by atoms with van der Waals surface area (Å²) >= 11 is 0. The molecular weight excluding hydrogens is 368 g/mol. The van der Waals surface area contributed by atoms with Crippen molar-refractivity contribution in [2.75, 3.05) is 13.1 Å². The first-order valence-electron chi connectivity index (χ1n) is 10.1. The molecule has 0 unspecified atom stereocenters. The number of nitrogens with one attached hydrogen (secondary N) is 1. The summed E-state index contributed by atoms with van der Waals surface area (Å²) in [6.07, 6.45) is 1.03. The Morgan fingerprint density at radius 2 is 1.72 bits per heavy atom. The van der Waals surface area contributed by atoms with Crippen molar-refractivity contribution in [2.24, 2.45) is 11.8 Å². The van der Waals surface area contributed by atoms with Gasteiger partial charge in [0.1, 0.15) is 0 Å². The molecule has 1 aliphatic rings. The van der Waals surface area contributed by atoms with Crippen molar-refractivity contribution >= 4 is 28.6 Å². The Kier molecular flexibility index (Phi) is 6.52. The number of benzene rings is 2. The molecule has 2 aromatic carbocycles. The van der Waals surface area contributed by atoms with E-state index in [-0.39, 0.29) is 30.1 Å². The number of carboxylic acids is 1. The van der Waals surface area contributed by atoms with E-state index in [2.05, 4.69) is 5.32 Å². The van der Waals surface area contributed by atoms with Crippen molar-refractivity contribution < 1.29 is 19.5 Å². The molecule has 2 amide bonds. The van der Waals surface area contributed by atoms with E-state index < -0.39 is 12.0 Å². The zero-order chi connectivity index (χ0) is 21.0. The van der Waals surface area contributed by atoms with Gasteiger partial charge in [0, 0.05) is 24.9 Å². The summed E-state index contributed by atoms with van der Waals surface area (Å²) in [6.45, 7) is 4.88. The van der Waals surface area contributed by atoms with Crippen LogP contribution in [0.5, 0.6) is 0 Å². The summed E-state index contributed by atoms with van der Waals surface area (Å²) in [5.74, 6) is -1.23. The highest BCUT2D eigenvalue weighted by atomic mass is 16.4. The molecule has 0 aromatic heterocycles. The van der Waals surface area contributed by atoms with Gasteiger partial charge >= 0.3 is 5.97 Å². The Morgan fingerprint density at radius 1 is 1.07 bits per heavy atom. The second-order valence-corrected chi connectivity index (χ2v) is 8.02. The smallest absolute Gasteiger partial charge is 0.305 e. The van der Waals surface area contributed by atoms with Crippen LogP contribution in [-0.4, -0.2) is 40.9 Å². The quantitative estimate of drug-likeness (QED) is 0.784. The monoisotopic (exact) mass is 396 g/mol. The minimum atomic E-state index is -0.958. The van der Waals surface area contributed by atoms with Gasteiger partial charge in [0.15, 0.2) is 0 Å². The second kappa shape index (κ2) is 9.07. The highest BCUT2D eigenvalue weighted by molar-refractivity contribution is 5.84. The van der Waals surface area contributed by atoms with Crippen LogP contribution in [0.15, 0.2) is 42.5 Å². The zero-order valence-electron chi connectivity index (χ0n) is 16.9. The number of aliphatic carboxylic acids is 1. The fourth-order valence-electron chi connectivity index (χ4n) is 3.87. The third-order valence-corrected chi connectivity index (χ3v) is 5.54. The molecule has 0 saturated carbocycles. The minimum Gasteiger partial charge on any atom is -0.481 e. The van der Waals surface area contributed by atoms with Gasteiger partial charge in [-0.2, -0.15) is 0 Å². The van der Waals surface area contributed by atoms with Gasteiger partial charge in [-0.25, -0.2) is 0 Å². The lowest BCUT2D eigenvalue weighted by Crippen LogP contribution is -2.45. The van der Waals surface area contributed by atoms with Gasteiger partial charge in [0.2, 0.25) is 11.8 Å². The predicted molar refractivity (Wildman–Crippen MR) is 111 cm³/mol. The number of rotatable bonds is 6. The maximum atomic E-state index is 12.8. The minimum absolute atomic E-state index is 0.0479. The molecule has 1 saturated heterocycles. The van der Waals surface area contributed by atoms with Crippen molar-refractivity contribution in [3.8, 4) is 0 Å². The molecule has 0 aliphatic carbocycles. The Labute approximate surface area is 170 Å². The second-order valence-electron chi connectivity index (χ2n) is 8.02. The number of hydrogen-bond donors (Lipinski definition) is 2. The van der Waals surface area contributed by atoms with E-state index >= 15 is 0 Å². The van der Waals surface area contributed by atoms with Gasteiger partial charge in [0.25, 0.3) is 0 Å². The van der Waals surface area contributed by atoms with Crippen LogP contribution < -0.4 is 5.32 Å². The van der Waals surface area contributed by atoms with Crippen LogP contribution in [0.25, 0.3) is 10.8 Å². The number of carbonyl (C=O) groups is 3. The SMILES string of the molecule is CC(C)C(=O)N1CCC(C(=O)N[C@@H](CC(=O)O)c2ccc3ccccc3c2)CC1. The van der Waals surface area contributed by atoms with Crippen LogP contribution >= 0.6 is 0 Å². The summed E-state index contributed by atoms with van der Waals surface area (Å²) in [7, 11) is 0. The first kappa shape index (κ1) is 20.8. The van der Waals surface area contributed by atoms with Crippen molar-refractivity contribution in [3.05, 3.63) is 48.0 Å². The fourth-order valence-corrected chi connectivity index (χ4v) is 3.87. The Balaban J connectivity index is 1.69. The maximum absolute atomic E-state index is 12.8. The first-order chi connectivity index (χ1) is 13.8. The third kappa shape index (κ3) is 5.13. The average molecular weight is 396 g/mol. The molecule has 2 aromatic rings. The van der Waals surface area contributed by atoms with E-state index in [1.165, 1.54) is 0 Å². The molecule has 0 spiro atoms. The van der Waals surface area contributed by atoms with Crippen molar-refractivity contribution in [3.63, 3.8) is 0 Å². The van der Waals surface area contributed by atoms with Gasteiger partial charge in [-0.05, 0) is 35.2 Å². The Morgan fingerprint density at radius 3 is 2.34 bits per heavy atom. The topological polar surface area (TPSA) is 86.7 Å². The molecule has 1 heterocycles. The van der Waals surface area contributed by atoms with Gasteiger partial charge in [-0.15, -0.1) is 0 Å². The van der Waals surface area contributed by atoms with Gasteiger partial charge in [0.05, 0.1) is 12.5 Å². The summed E-state index contributed by atoms with van der Waals surface area (Å²) in [6, 6.07) is 13.0. The van der Waals surface area contributed by atoms with Gasteiger partial charge in [-0.3, -0.25) is 14.4 Å². The number of carbonyl (C=O) groups excluding carboxylic acids is 2. The van der Waals surface area contributed by atoms with E-state index in [1.807, 2.05) is 61.2 Å². The van der Waals surface area contributed by atoms with Gasteiger partial charge < -0.3 is 15.3 Å². The largest absolute Gasteiger partial charge is 0.481 e. The molecule has 1 atom stereocenters. The average Bonchev–Trinajstić information content (AvgIpc) is 2.72. The van der Waals surface area contributed by atoms with Gasteiger partial charge in [-0.1, -0.05) is 50.2 Å². The normalized spacial score (nSPS) is 16.0. The predicted octanol–water partition coefficient (Wildman–Crippen LogP) is 3.37. The van der Waals surface area contributed by atoms with Crippen LogP contribution in [0, 0.1) is 11.8 Å². The zero-order valence-corrected chi connectivity index (χ0v) is 16.9. The molecule has 2 N–H and O–H groups in total. The molecule has 6 heteroatoms. The molecule has 1 fully saturated rings. The van der Waals surface area contributed by atoms with E-state index in [4.69, 9.17) is 0 Å². The van der Waals surface area contributed by atoms with Crippen molar-refractivity contribution in [1.29, 1.82) is 0 Å². The van der Waals surface area contributed by atoms with Crippen LogP contribution in [0.3, 0.4) is 0 Å². The number of fused-ring (bicyclic) bond motifs is 1. The van der Waals surface area contributed by atoms with E-state index in [9.17, 15) is 19.5 Å². The lowest BCUT2D eigenvalue weighted by molar-refractivity contribution is -0.140. The molecule has 6 nitrogen and oxygen atoms in total. The lowest BCUT2D eigenvalue weighted by Gasteiger charge is -2.33. The highest BCUT2D eigenvalue weighted by Gasteiger charge is 2.30. The van der Waals surface area contributed by atoms with Crippen LogP contribution in [0.1, 0.15) is 44.7 Å². The Bertz CT molecular complexity index is 901. The lowest BCUT2D eigenvalue weighted by atomic mass is 9.93. The number of piperidine rings is 1. The van der Waals surface area contributed by atoms with Crippen molar-refractivity contribution in [1.82, 2.24) is 10.2 Å². The number of likely N-dealkylation sites (tertiary alicyclic amines) is 1. The number of hydrogen-bond acceptors (Lipinski definition) is 3. The summed E-state index contributed by atoms with van der Waals surface area (Å²) in [5, 5.41) is 14.4. The van der Waals surface area contributed by atoms with Crippen LogP contribution in [-0.2, 0) is 14.4 Å². The summed E-state index contributed by atoms with van der Waals surface area (Å²) in [5.41, 5.74) is 0.784. The van der Waals surface area contributed by atoms with Crippen LogP contribution in [0.2, 0.25) is 0 Å². The number of carboxylic acid groups (broad SMARTS) is 1. The molecule has 154 valence electrons. The third-order valence-electron chi connectivity index (χ3n) is 5.54. The first-order valence-corrected chi connectivity index (χ1v) is 10.1. The van der Waals surface area contributed by atoms with Crippen molar-refractivity contribution in [2.45, 2.75) is 39.2 Å². The van der Waals surface area contributed by atoms with Crippen LogP contribution in [0.4, 0.5) is 0 Å². The Hall–Kier alpha value is -2.89. The number of amides is 2.